The minimum absolute atomic E-state index is 0.0414. The zero-order valence-corrected chi connectivity index (χ0v) is 22.1. The van der Waals surface area contributed by atoms with E-state index < -0.39 is 38.7 Å². The molecule has 3 amide bonds. The summed E-state index contributed by atoms with van der Waals surface area (Å²) in [5.74, 6) is -2.48. The molecule has 1 N–H and O–H groups in total. The number of nitrogens with zero attached hydrogens (tertiary/aromatic N) is 2. The fourth-order valence-electron chi connectivity index (χ4n) is 3.87. The molecule has 0 aliphatic carbocycles. The third kappa shape index (κ3) is 6.20. The van der Waals surface area contributed by atoms with E-state index in [-0.39, 0.29) is 48.3 Å². The first kappa shape index (κ1) is 27.3. The smallest absolute Gasteiger partial charge is 0.262 e. The van der Waals surface area contributed by atoms with Crippen molar-refractivity contribution in [2.75, 3.05) is 32.8 Å². The number of nitrogens with one attached hydrogen (secondary N) is 1. The molecule has 3 aromatic rings. The summed E-state index contributed by atoms with van der Waals surface area (Å²) in [4.78, 5) is 41.8. The Morgan fingerprint density at radius 1 is 0.974 bits per heavy atom. The van der Waals surface area contributed by atoms with Crippen LogP contribution in [-0.2, 0) is 19.4 Å². The first-order chi connectivity index (χ1) is 18.2. The number of sulfone groups is 1. The van der Waals surface area contributed by atoms with Crippen LogP contribution in [0.15, 0.2) is 70.9 Å². The number of rotatable bonds is 8. The van der Waals surface area contributed by atoms with Crippen LogP contribution in [0.25, 0.3) is 0 Å². The number of para-hydroxylation sites is 1. The minimum Gasteiger partial charge on any atom is -0.481 e. The summed E-state index contributed by atoms with van der Waals surface area (Å²) in [7, 11) is -4.28. The number of carbonyl (C=O) groups is 3. The van der Waals surface area contributed by atoms with E-state index in [1.54, 1.807) is 36.6 Å². The number of amides is 3. The van der Waals surface area contributed by atoms with E-state index in [2.05, 4.69) is 5.32 Å². The Labute approximate surface area is 223 Å². The van der Waals surface area contributed by atoms with Gasteiger partial charge in [-0.3, -0.25) is 14.4 Å². The zero-order chi connectivity index (χ0) is 27.3. The summed E-state index contributed by atoms with van der Waals surface area (Å²) in [5.41, 5.74) is 0.842. The zero-order valence-electron chi connectivity index (χ0n) is 20.5. The van der Waals surface area contributed by atoms with E-state index in [9.17, 15) is 27.2 Å². The van der Waals surface area contributed by atoms with Crippen molar-refractivity contribution >= 4 is 38.9 Å². The molecule has 12 heteroatoms. The molecule has 0 unspecified atom stereocenters. The van der Waals surface area contributed by atoms with Crippen LogP contribution in [0.4, 0.5) is 4.39 Å². The van der Waals surface area contributed by atoms with Gasteiger partial charge in [-0.15, -0.1) is 11.3 Å². The fourth-order valence-corrected chi connectivity index (χ4v) is 5.96. The number of piperazine rings is 1. The van der Waals surface area contributed by atoms with E-state index in [1.165, 1.54) is 46.2 Å². The van der Waals surface area contributed by atoms with Gasteiger partial charge in [0.2, 0.25) is 15.2 Å². The fraction of sp³-hybridized carbons (Fsp3) is 0.269. The lowest BCUT2D eigenvalue weighted by Gasteiger charge is -2.36. The Hall–Kier alpha value is -3.77. The largest absolute Gasteiger partial charge is 0.481 e. The van der Waals surface area contributed by atoms with Gasteiger partial charge in [-0.25, -0.2) is 12.8 Å². The highest BCUT2D eigenvalue weighted by Gasteiger charge is 2.39. The van der Waals surface area contributed by atoms with Crippen LogP contribution < -0.4 is 10.1 Å². The molecule has 1 aromatic heterocycles. The molecule has 38 heavy (non-hydrogen) atoms. The molecule has 1 aliphatic rings. The predicted molar refractivity (Wildman–Crippen MR) is 139 cm³/mol. The van der Waals surface area contributed by atoms with Crippen LogP contribution in [0, 0.1) is 12.7 Å². The molecule has 200 valence electrons. The molecular weight excluding hydrogens is 533 g/mol. The first-order valence-corrected chi connectivity index (χ1v) is 14.2. The molecule has 0 spiro atoms. The van der Waals surface area contributed by atoms with Gasteiger partial charge in [0.05, 0.1) is 9.77 Å². The third-order valence-electron chi connectivity index (χ3n) is 6.02. The summed E-state index contributed by atoms with van der Waals surface area (Å²) >= 11 is 1.12. The number of aryl methyl sites for hydroxylation is 1. The molecule has 1 atom stereocenters. The number of hydrogen-bond acceptors (Lipinski definition) is 7. The summed E-state index contributed by atoms with van der Waals surface area (Å²) in [6, 6.07) is 14.9. The Morgan fingerprint density at radius 3 is 2.26 bits per heavy atom. The molecule has 9 nitrogen and oxygen atoms in total. The van der Waals surface area contributed by atoms with Crippen LogP contribution in [-0.4, -0.2) is 74.1 Å². The molecule has 1 fully saturated rings. The van der Waals surface area contributed by atoms with Gasteiger partial charge in [0.25, 0.3) is 17.7 Å². The van der Waals surface area contributed by atoms with Gasteiger partial charge in [-0.05, 0) is 42.6 Å². The first-order valence-electron chi connectivity index (χ1n) is 11.8. The van der Waals surface area contributed by atoms with Gasteiger partial charge in [-0.2, -0.15) is 0 Å². The quantitative estimate of drug-likeness (QED) is 0.454. The second-order valence-electron chi connectivity index (χ2n) is 8.61. The third-order valence-corrected chi connectivity index (χ3v) is 8.76. The molecule has 4 rings (SSSR count). The van der Waals surface area contributed by atoms with Gasteiger partial charge in [0.1, 0.15) is 0 Å². The van der Waals surface area contributed by atoms with Crippen LogP contribution in [0.3, 0.4) is 0 Å². The van der Waals surface area contributed by atoms with E-state index in [0.29, 0.717) is 0 Å². The number of thiophene rings is 1. The number of halogens is 1. The van der Waals surface area contributed by atoms with Gasteiger partial charge < -0.3 is 19.9 Å². The predicted octanol–water partition coefficient (Wildman–Crippen LogP) is 2.48. The van der Waals surface area contributed by atoms with Crippen molar-refractivity contribution in [1.82, 2.24) is 15.1 Å². The Morgan fingerprint density at radius 2 is 1.63 bits per heavy atom. The number of carbonyl (C=O) groups excluding carboxylic acids is 3. The van der Waals surface area contributed by atoms with E-state index in [0.717, 1.165) is 16.9 Å². The van der Waals surface area contributed by atoms with Crippen molar-refractivity contribution in [1.29, 1.82) is 0 Å². The Balaban J connectivity index is 1.45. The molecule has 0 bridgehead atoms. The lowest BCUT2D eigenvalue weighted by atomic mass is 10.2. The molecule has 1 aliphatic heterocycles. The van der Waals surface area contributed by atoms with Crippen molar-refractivity contribution in [3.05, 3.63) is 82.3 Å². The highest BCUT2D eigenvalue weighted by molar-refractivity contribution is 7.92. The molecule has 2 aromatic carbocycles. The highest BCUT2D eigenvalue weighted by atomic mass is 32.2. The molecule has 1 saturated heterocycles. The van der Waals surface area contributed by atoms with Gasteiger partial charge in [0, 0.05) is 26.2 Å². The van der Waals surface area contributed by atoms with E-state index >= 15 is 0 Å². The average Bonchev–Trinajstić information content (AvgIpc) is 3.46. The maximum absolute atomic E-state index is 13.7. The van der Waals surface area contributed by atoms with Crippen LogP contribution >= 0.6 is 11.3 Å². The lowest BCUT2D eigenvalue weighted by Crippen LogP contribution is -2.58. The van der Waals surface area contributed by atoms with Gasteiger partial charge >= 0.3 is 0 Å². The summed E-state index contributed by atoms with van der Waals surface area (Å²) in [5, 5.41) is 2.24. The highest BCUT2D eigenvalue weighted by Crippen LogP contribution is 2.20. The summed E-state index contributed by atoms with van der Waals surface area (Å²) in [6.45, 7) is 1.79. The minimum atomic E-state index is -4.28. The standard InChI is InChI=1S/C26H26FN3O6S2/c1-18-8-10-19(11-9-18)38(34,35)25(28-24(32)22-7-4-16-37-22)26(33)30-14-12-29(13-15-30)23(31)17-36-21-6-3-2-5-20(21)27/h2-11,16,25H,12-15,17H2,1H3,(H,28,32)/t25-/m1/s1. The van der Waals surface area contributed by atoms with Gasteiger partial charge in [-0.1, -0.05) is 35.9 Å². The SMILES string of the molecule is Cc1ccc(S(=O)(=O)[C@@H](NC(=O)c2cccs2)C(=O)N2CCN(C(=O)COc3ccccc3F)CC2)cc1. The number of benzene rings is 2. The maximum Gasteiger partial charge on any atom is 0.262 e. The topological polar surface area (TPSA) is 113 Å². The monoisotopic (exact) mass is 559 g/mol. The number of ether oxygens (including phenoxy) is 1. The van der Waals surface area contributed by atoms with Crippen molar-refractivity contribution in [2.24, 2.45) is 0 Å². The van der Waals surface area contributed by atoms with E-state index in [4.69, 9.17) is 4.74 Å². The molecule has 0 saturated carbocycles. The van der Waals surface area contributed by atoms with Crippen molar-refractivity contribution in [3.8, 4) is 5.75 Å². The Bertz CT molecular complexity index is 1400. The molecule has 2 heterocycles. The number of hydrogen-bond donors (Lipinski definition) is 1. The van der Waals surface area contributed by atoms with Gasteiger partial charge in [0.15, 0.2) is 18.2 Å². The normalized spacial score (nSPS) is 14.6. The van der Waals surface area contributed by atoms with Crippen molar-refractivity contribution in [2.45, 2.75) is 17.2 Å². The lowest BCUT2D eigenvalue weighted by molar-refractivity contribution is -0.140. The molecule has 0 radical (unpaired) electrons. The van der Waals surface area contributed by atoms with Crippen LogP contribution in [0.1, 0.15) is 15.2 Å². The summed E-state index contributed by atoms with van der Waals surface area (Å²) < 4.78 is 46.0. The molecular formula is C26H26FN3O6S2. The van der Waals surface area contributed by atoms with Crippen LogP contribution in [0.2, 0.25) is 0 Å². The van der Waals surface area contributed by atoms with E-state index in [1.807, 2.05) is 0 Å². The maximum atomic E-state index is 13.7. The average molecular weight is 560 g/mol. The Kier molecular flexibility index (Phi) is 8.42. The van der Waals surface area contributed by atoms with Crippen LogP contribution in [0.5, 0.6) is 5.75 Å². The second-order valence-corrected chi connectivity index (χ2v) is 11.6. The summed E-state index contributed by atoms with van der Waals surface area (Å²) in [6.07, 6.45) is 0. The second kappa shape index (κ2) is 11.7. The van der Waals surface area contributed by atoms with Crippen molar-refractivity contribution in [3.63, 3.8) is 0 Å². The van der Waals surface area contributed by atoms with Crippen molar-refractivity contribution < 1.29 is 31.9 Å².